The number of ether oxygens (including phenoxy) is 1. The van der Waals surface area contributed by atoms with Gasteiger partial charge in [0.1, 0.15) is 18.1 Å². The molecule has 1 heterocycles. The van der Waals surface area contributed by atoms with Gasteiger partial charge in [-0.1, -0.05) is 33.1 Å². The largest absolute Gasteiger partial charge is 0.462 e. The maximum atomic E-state index is 5.67. The van der Waals surface area contributed by atoms with Crippen LogP contribution in [0.3, 0.4) is 0 Å². The van der Waals surface area contributed by atoms with Crippen molar-refractivity contribution in [3.8, 4) is 0 Å². The van der Waals surface area contributed by atoms with Gasteiger partial charge in [-0.2, -0.15) is 0 Å². The Morgan fingerprint density at radius 1 is 1.06 bits per heavy atom. The lowest BCUT2D eigenvalue weighted by Gasteiger charge is -2.02. The van der Waals surface area contributed by atoms with E-state index in [0.717, 1.165) is 44.1 Å². The van der Waals surface area contributed by atoms with Gasteiger partial charge in [-0.25, -0.2) is 0 Å². The first-order chi connectivity index (χ1) is 8.86. The van der Waals surface area contributed by atoms with Crippen molar-refractivity contribution >= 4 is 0 Å². The van der Waals surface area contributed by atoms with Crippen LogP contribution in [-0.4, -0.2) is 13.2 Å². The van der Waals surface area contributed by atoms with Crippen LogP contribution in [0.2, 0.25) is 0 Å². The highest BCUT2D eigenvalue weighted by Gasteiger charge is 2.01. The molecule has 0 aliphatic carbocycles. The molecule has 0 radical (unpaired) electrons. The van der Waals surface area contributed by atoms with Crippen LogP contribution in [0.25, 0.3) is 0 Å². The molecular weight excluding hydrogens is 226 g/mol. The highest BCUT2D eigenvalue weighted by atomic mass is 16.5. The topological polar surface area (TPSA) is 34.4 Å². The molecule has 0 bridgehead atoms. The molecule has 0 saturated carbocycles. The number of rotatable bonds is 11. The van der Waals surface area contributed by atoms with Crippen molar-refractivity contribution in [1.82, 2.24) is 5.32 Å². The minimum Gasteiger partial charge on any atom is -0.462 e. The summed E-state index contributed by atoms with van der Waals surface area (Å²) in [6.07, 6.45) is 6.14. The molecule has 3 nitrogen and oxygen atoms in total. The second-order valence-corrected chi connectivity index (χ2v) is 4.66. The molecule has 0 spiro atoms. The van der Waals surface area contributed by atoms with E-state index in [1.165, 1.54) is 19.3 Å². The van der Waals surface area contributed by atoms with Crippen LogP contribution in [0, 0.1) is 0 Å². The van der Waals surface area contributed by atoms with Crippen LogP contribution < -0.4 is 5.32 Å². The predicted octanol–water partition coefficient (Wildman–Crippen LogP) is 3.88. The Balaban J connectivity index is 2.07. The maximum Gasteiger partial charge on any atom is 0.129 e. The first-order valence-electron chi connectivity index (χ1n) is 7.22. The molecule has 1 N–H and O–H groups in total. The zero-order valence-electron chi connectivity index (χ0n) is 11.8. The number of furan rings is 1. The SMILES string of the molecule is CCCCCCOCc1ccc(CNCCC)o1. The van der Waals surface area contributed by atoms with Gasteiger partial charge in [0, 0.05) is 6.61 Å². The van der Waals surface area contributed by atoms with E-state index in [2.05, 4.69) is 19.2 Å². The van der Waals surface area contributed by atoms with Gasteiger partial charge in [0.2, 0.25) is 0 Å². The Morgan fingerprint density at radius 3 is 2.67 bits per heavy atom. The normalized spacial score (nSPS) is 11.0. The highest BCUT2D eigenvalue weighted by Crippen LogP contribution is 2.09. The summed E-state index contributed by atoms with van der Waals surface area (Å²) in [6, 6.07) is 4.04. The van der Waals surface area contributed by atoms with Gasteiger partial charge in [0.05, 0.1) is 6.54 Å². The van der Waals surface area contributed by atoms with E-state index in [-0.39, 0.29) is 0 Å². The zero-order valence-corrected chi connectivity index (χ0v) is 11.8. The fourth-order valence-electron chi connectivity index (χ4n) is 1.79. The number of hydrogen-bond donors (Lipinski definition) is 1. The Hall–Kier alpha value is -0.800. The molecule has 0 fully saturated rings. The van der Waals surface area contributed by atoms with Gasteiger partial charge in [0.15, 0.2) is 0 Å². The molecule has 0 aliphatic heterocycles. The van der Waals surface area contributed by atoms with Crippen molar-refractivity contribution in [3.05, 3.63) is 23.7 Å². The minimum absolute atomic E-state index is 0.597. The van der Waals surface area contributed by atoms with E-state index in [1.807, 2.05) is 12.1 Å². The fourth-order valence-corrected chi connectivity index (χ4v) is 1.79. The zero-order chi connectivity index (χ0) is 13.1. The molecule has 3 heteroatoms. The minimum atomic E-state index is 0.597. The van der Waals surface area contributed by atoms with E-state index in [4.69, 9.17) is 9.15 Å². The lowest BCUT2D eigenvalue weighted by atomic mass is 10.2. The van der Waals surface area contributed by atoms with Gasteiger partial charge in [-0.3, -0.25) is 0 Å². The van der Waals surface area contributed by atoms with Gasteiger partial charge in [-0.15, -0.1) is 0 Å². The van der Waals surface area contributed by atoms with E-state index in [1.54, 1.807) is 0 Å². The molecule has 104 valence electrons. The lowest BCUT2D eigenvalue weighted by Crippen LogP contribution is -2.13. The first kappa shape index (κ1) is 15.3. The highest BCUT2D eigenvalue weighted by molar-refractivity contribution is 5.06. The molecule has 0 unspecified atom stereocenters. The Bertz CT molecular complexity index is 296. The van der Waals surface area contributed by atoms with E-state index >= 15 is 0 Å². The Morgan fingerprint density at radius 2 is 1.89 bits per heavy atom. The van der Waals surface area contributed by atoms with Crippen molar-refractivity contribution in [2.45, 2.75) is 59.1 Å². The van der Waals surface area contributed by atoms with Crippen LogP contribution >= 0.6 is 0 Å². The number of nitrogens with one attached hydrogen (secondary N) is 1. The molecular formula is C15H27NO2. The van der Waals surface area contributed by atoms with E-state index in [0.29, 0.717) is 6.61 Å². The third-order valence-electron chi connectivity index (χ3n) is 2.83. The first-order valence-corrected chi connectivity index (χ1v) is 7.22. The molecule has 0 atom stereocenters. The summed E-state index contributed by atoms with van der Waals surface area (Å²) in [5.74, 6) is 1.92. The summed E-state index contributed by atoms with van der Waals surface area (Å²) < 4.78 is 11.3. The molecule has 18 heavy (non-hydrogen) atoms. The van der Waals surface area contributed by atoms with E-state index in [9.17, 15) is 0 Å². The van der Waals surface area contributed by atoms with Gasteiger partial charge >= 0.3 is 0 Å². The molecule has 1 rings (SSSR count). The van der Waals surface area contributed by atoms with Crippen molar-refractivity contribution in [2.24, 2.45) is 0 Å². The van der Waals surface area contributed by atoms with Gasteiger partial charge < -0.3 is 14.5 Å². The average Bonchev–Trinajstić information content (AvgIpc) is 2.82. The lowest BCUT2D eigenvalue weighted by molar-refractivity contribution is 0.101. The smallest absolute Gasteiger partial charge is 0.129 e. The van der Waals surface area contributed by atoms with Gasteiger partial charge in [0.25, 0.3) is 0 Å². The fraction of sp³-hybridized carbons (Fsp3) is 0.733. The molecule has 1 aromatic rings. The Labute approximate surface area is 111 Å². The quantitative estimate of drug-likeness (QED) is 0.608. The average molecular weight is 253 g/mol. The number of unbranched alkanes of at least 4 members (excludes halogenated alkanes) is 3. The van der Waals surface area contributed by atoms with Crippen LogP contribution in [0.1, 0.15) is 57.5 Å². The molecule has 0 aromatic carbocycles. The van der Waals surface area contributed by atoms with Crippen molar-refractivity contribution in [2.75, 3.05) is 13.2 Å². The van der Waals surface area contributed by atoms with Crippen LogP contribution in [-0.2, 0) is 17.9 Å². The van der Waals surface area contributed by atoms with Crippen molar-refractivity contribution in [1.29, 1.82) is 0 Å². The van der Waals surface area contributed by atoms with Crippen LogP contribution in [0.4, 0.5) is 0 Å². The molecule has 0 aliphatic rings. The summed E-state index contributed by atoms with van der Waals surface area (Å²) in [4.78, 5) is 0. The maximum absolute atomic E-state index is 5.67. The summed E-state index contributed by atoms with van der Waals surface area (Å²) in [6.45, 7) is 7.66. The third kappa shape index (κ3) is 6.82. The number of hydrogen-bond acceptors (Lipinski definition) is 3. The molecule has 0 saturated heterocycles. The summed E-state index contributed by atoms with van der Waals surface area (Å²) in [7, 11) is 0. The van der Waals surface area contributed by atoms with E-state index < -0.39 is 0 Å². The second-order valence-electron chi connectivity index (χ2n) is 4.66. The van der Waals surface area contributed by atoms with Crippen LogP contribution in [0.5, 0.6) is 0 Å². The molecule has 1 aromatic heterocycles. The summed E-state index contributed by atoms with van der Waals surface area (Å²) >= 11 is 0. The van der Waals surface area contributed by atoms with Gasteiger partial charge in [-0.05, 0) is 31.5 Å². The predicted molar refractivity (Wildman–Crippen MR) is 74.5 cm³/mol. The van der Waals surface area contributed by atoms with Crippen LogP contribution in [0.15, 0.2) is 16.5 Å². The second kappa shape index (κ2) is 10.2. The standard InChI is InChI=1S/C15H27NO2/c1-3-5-6-7-11-17-13-15-9-8-14(18-15)12-16-10-4-2/h8-9,16H,3-7,10-13H2,1-2H3. The third-order valence-corrected chi connectivity index (χ3v) is 2.83. The Kier molecular flexibility index (Phi) is 8.61. The summed E-state index contributed by atoms with van der Waals surface area (Å²) in [5, 5.41) is 3.32. The monoisotopic (exact) mass is 253 g/mol. The molecule has 0 amide bonds. The van der Waals surface area contributed by atoms with Crippen molar-refractivity contribution in [3.63, 3.8) is 0 Å². The summed E-state index contributed by atoms with van der Waals surface area (Å²) in [5.41, 5.74) is 0. The van der Waals surface area contributed by atoms with Crippen molar-refractivity contribution < 1.29 is 9.15 Å².